The fourth-order valence-corrected chi connectivity index (χ4v) is 4.89. The van der Waals surface area contributed by atoms with Gasteiger partial charge in [0.05, 0.1) is 16.2 Å². The average molecular weight is 426 g/mol. The molecule has 9 heteroatoms. The molecule has 0 aliphatic carbocycles. The van der Waals surface area contributed by atoms with E-state index in [1.807, 2.05) is 0 Å². The van der Waals surface area contributed by atoms with Crippen LogP contribution in [0.3, 0.4) is 0 Å². The summed E-state index contributed by atoms with van der Waals surface area (Å²) in [5.74, 6) is -0.206. The monoisotopic (exact) mass is 426 g/mol. The first-order valence-corrected chi connectivity index (χ1v) is 10.7. The Morgan fingerprint density at radius 3 is 2.52 bits per heavy atom. The smallest absolute Gasteiger partial charge is 0.335 e. The molecule has 5 nitrogen and oxygen atoms in total. The summed E-state index contributed by atoms with van der Waals surface area (Å²) in [5.41, 5.74) is -0.109. The number of sulfone groups is 1. The lowest BCUT2D eigenvalue weighted by Crippen LogP contribution is -2.45. The molecular weight excluding hydrogens is 405 g/mol. The van der Waals surface area contributed by atoms with Gasteiger partial charge in [-0.25, -0.2) is 13.2 Å². The van der Waals surface area contributed by atoms with E-state index in [-0.39, 0.29) is 35.7 Å². The zero-order valence-corrected chi connectivity index (χ0v) is 16.6. The van der Waals surface area contributed by atoms with E-state index >= 15 is 0 Å². The van der Waals surface area contributed by atoms with E-state index in [1.165, 1.54) is 29.2 Å². The third-order valence-electron chi connectivity index (χ3n) is 4.80. The Labute approximate surface area is 167 Å². The molecule has 1 atom stereocenters. The van der Waals surface area contributed by atoms with E-state index in [9.17, 15) is 26.4 Å². The van der Waals surface area contributed by atoms with Crippen molar-refractivity contribution in [1.82, 2.24) is 10.2 Å². The first-order chi connectivity index (χ1) is 13.6. The molecule has 0 spiro atoms. The van der Waals surface area contributed by atoms with Gasteiger partial charge in [0.15, 0.2) is 9.84 Å². The second kappa shape index (κ2) is 8.06. The highest BCUT2D eigenvalue weighted by atomic mass is 32.2. The van der Waals surface area contributed by atoms with Gasteiger partial charge in [0.25, 0.3) is 0 Å². The third kappa shape index (κ3) is 4.90. The van der Waals surface area contributed by atoms with E-state index < -0.39 is 33.6 Å². The zero-order chi connectivity index (χ0) is 21.2. The number of urea groups is 1. The largest absolute Gasteiger partial charge is 0.416 e. The van der Waals surface area contributed by atoms with Crippen molar-refractivity contribution in [2.75, 3.05) is 12.3 Å². The molecule has 1 heterocycles. The Balaban J connectivity index is 1.71. The van der Waals surface area contributed by atoms with Gasteiger partial charge in [-0.05, 0) is 36.6 Å². The number of carbonyl (C=O) groups is 1. The molecule has 1 N–H and O–H groups in total. The number of hydrogen-bond donors (Lipinski definition) is 1. The van der Waals surface area contributed by atoms with Gasteiger partial charge in [-0.3, -0.25) is 0 Å². The fourth-order valence-electron chi connectivity index (χ4n) is 3.39. The number of carbonyl (C=O) groups excluding carboxylic acids is 1. The van der Waals surface area contributed by atoms with Crippen molar-refractivity contribution in [3.63, 3.8) is 0 Å². The Morgan fingerprint density at radius 1 is 1.14 bits per heavy atom. The van der Waals surface area contributed by atoms with Crippen molar-refractivity contribution >= 4 is 15.9 Å². The van der Waals surface area contributed by atoms with Gasteiger partial charge in [-0.15, -0.1) is 0 Å². The van der Waals surface area contributed by atoms with Crippen LogP contribution in [0.4, 0.5) is 18.0 Å². The van der Waals surface area contributed by atoms with E-state index in [0.717, 1.165) is 6.07 Å². The van der Waals surface area contributed by atoms with Crippen LogP contribution < -0.4 is 5.32 Å². The lowest BCUT2D eigenvalue weighted by Gasteiger charge is -2.24. The Bertz CT molecular complexity index is 1010. The molecule has 3 rings (SSSR count). The summed E-state index contributed by atoms with van der Waals surface area (Å²) >= 11 is 0. The Morgan fingerprint density at radius 2 is 1.79 bits per heavy atom. The summed E-state index contributed by atoms with van der Waals surface area (Å²) in [6, 6.07) is 10.7. The summed E-state index contributed by atoms with van der Waals surface area (Å²) in [6.45, 7) is 1.75. The minimum atomic E-state index is -4.47. The quantitative estimate of drug-likeness (QED) is 0.815. The lowest BCUT2D eigenvalue weighted by atomic mass is 10.0. The molecule has 1 unspecified atom stereocenters. The van der Waals surface area contributed by atoms with Crippen LogP contribution in [0.5, 0.6) is 0 Å². The molecule has 0 saturated carbocycles. The van der Waals surface area contributed by atoms with Gasteiger partial charge in [-0.2, -0.15) is 13.2 Å². The van der Waals surface area contributed by atoms with Crippen LogP contribution in [0.25, 0.3) is 0 Å². The van der Waals surface area contributed by atoms with Crippen LogP contribution in [0, 0.1) is 0 Å². The first kappa shape index (κ1) is 21.2. The van der Waals surface area contributed by atoms with Crippen LogP contribution in [0.15, 0.2) is 53.4 Å². The predicted octanol–water partition coefficient (Wildman–Crippen LogP) is 3.64. The van der Waals surface area contributed by atoms with Gasteiger partial charge < -0.3 is 10.2 Å². The maximum Gasteiger partial charge on any atom is 0.416 e. The zero-order valence-electron chi connectivity index (χ0n) is 15.7. The lowest BCUT2D eigenvalue weighted by molar-refractivity contribution is -0.138. The van der Waals surface area contributed by atoms with Gasteiger partial charge in [0, 0.05) is 19.1 Å². The van der Waals surface area contributed by atoms with Gasteiger partial charge >= 0.3 is 12.2 Å². The predicted molar refractivity (Wildman–Crippen MR) is 102 cm³/mol. The molecule has 29 heavy (non-hydrogen) atoms. The van der Waals surface area contributed by atoms with Crippen LogP contribution in [-0.4, -0.2) is 37.7 Å². The second-order valence-electron chi connectivity index (χ2n) is 7.06. The molecule has 156 valence electrons. The molecule has 2 aromatic carbocycles. The number of hydrogen-bond acceptors (Lipinski definition) is 3. The van der Waals surface area contributed by atoms with Crippen molar-refractivity contribution in [3.05, 3.63) is 65.2 Å². The molecule has 0 bridgehead atoms. The van der Waals surface area contributed by atoms with Crippen molar-refractivity contribution < 1.29 is 26.4 Å². The summed E-state index contributed by atoms with van der Waals surface area (Å²) in [6.07, 6.45) is -4.46. The SMILES string of the molecule is CC(Cc1ccccc1C(F)(F)F)NC(=O)N1CCS(=O)(=O)c2ccccc2C1. The molecule has 2 amide bonds. The minimum Gasteiger partial charge on any atom is -0.335 e. The number of benzene rings is 2. The average Bonchev–Trinajstić information content (AvgIpc) is 2.77. The number of nitrogens with zero attached hydrogens (tertiary/aromatic N) is 1. The summed E-state index contributed by atoms with van der Waals surface area (Å²) in [7, 11) is -3.49. The number of rotatable bonds is 3. The summed E-state index contributed by atoms with van der Waals surface area (Å²) in [5, 5.41) is 2.69. The molecule has 0 fully saturated rings. The maximum atomic E-state index is 13.2. The molecule has 1 aliphatic heterocycles. The van der Waals surface area contributed by atoms with Crippen molar-refractivity contribution in [3.8, 4) is 0 Å². The third-order valence-corrected chi connectivity index (χ3v) is 6.59. The number of alkyl halides is 3. The highest BCUT2D eigenvalue weighted by Gasteiger charge is 2.33. The van der Waals surface area contributed by atoms with Crippen molar-refractivity contribution in [2.24, 2.45) is 0 Å². The van der Waals surface area contributed by atoms with Crippen molar-refractivity contribution in [2.45, 2.75) is 37.0 Å². The van der Waals surface area contributed by atoms with Crippen LogP contribution in [0.1, 0.15) is 23.6 Å². The van der Waals surface area contributed by atoms with Crippen molar-refractivity contribution in [1.29, 1.82) is 0 Å². The normalized spacial score (nSPS) is 17.2. The van der Waals surface area contributed by atoms with Crippen LogP contribution in [0.2, 0.25) is 0 Å². The number of fused-ring (bicyclic) bond motifs is 1. The topological polar surface area (TPSA) is 66.5 Å². The van der Waals surface area contributed by atoms with Gasteiger partial charge in [0.2, 0.25) is 0 Å². The van der Waals surface area contributed by atoms with E-state index in [4.69, 9.17) is 0 Å². The van der Waals surface area contributed by atoms with E-state index in [1.54, 1.807) is 25.1 Å². The molecule has 2 aromatic rings. The highest BCUT2D eigenvalue weighted by Crippen LogP contribution is 2.32. The Hall–Kier alpha value is -2.55. The number of nitrogens with one attached hydrogen (secondary N) is 1. The first-order valence-electron chi connectivity index (χ1n) is 9.09. The molecule has 1 aliphatic rings. The van der Waals surface area contributed by atoms with Crippen LogP contribution in [-0.2, 0) is 29.0 Å². The minimum absolute atomic E-state index is 0.00412. The summed E-state index contributed by atoms with van der Waals surface area (Å²) < 4.78 is 64.3. The van der Waals surface area contributed by atoms with Crippen LogP contribution >= 0.6 is 0 Å². The van der Waals surface area contributed by atoms with E-state index in [2.05, 4.69) is 5.32 Å². The highest BCUT2D eigenvalue weighted by molar-refractivity contribution is 7.91. The maximum absolute atomic E-state index is 13.2. The molecular formula is C20H21F3N2O3S. The van der Waals surface area contributed by atoms with Gasteiger partial charge in [0.1, 0.15) is 0 Å². The second-order valence-corrected chi connectivity index (χ2v) is 9.14. The molecule has 0 aromatic heterocycles. The summed E-state index contributed by atoms with van der Waals surface area (Å²) in [4.78, 5) is 14.2. The molecule has 0 radical (unpaired) electrons. The number of halogens is 3. The van der Waals surface area contributed by atoms with E-state index in [0.29, 0.717) is 5.56 Å². The molecule has 0 saturated heterocycles. The number of amides is 2. The standard InChI is InChI=1S/C20H21F3N2O3S/c1-14(12-15-6-2-4-8-17(15)20(21,22)23)24-19(26)25-10-11-29(27,28)18-9-5-3-7-16(18)13-25/h2-9,14H,10-13H2,1H3,(H,24,26). The fraction of sp³-hybridized carbons (Fsp3) is 0.350. The Kier molecular flexibility index (Phi) is 5.88. The van der Waals surface area contributed by atoms with Gasteiger partial charge in [-0.1, -0.05) is 36.4 Å².